The van der Waals surface area contributed by atoms with Crippen molar-refractivity contribution >= 4 is 11.8 Å². The molecule has 106 valence electrons. The first-order chi connectivity index (χ1) is 9.58. The Kier molecular flexibility index (Phi) is 5.10. The Bertz CT molecular complexity index is 564. The molecular weight excluding hydrogens is 266 g/mol. The van der Waals surface area contributed by atoms with E-state index in [2.05, 4.69) is 37.4 Å². The van der Waals surface area contributed by atoms with Crippen LogP contribution in [0, 0.1) is 6.92 Å². The number of hydrogen-bond acceptors (Lipinski definition) is 3. The fraction of sp³-hybridized carbons (Fsp3) is 0.294. The average molecular weight is 287 g/mol. The molecule has 20 heavy (non-hydrogen) atoms. The molecule has 0 amide bonds. The van der Waals surface area contributed by atoms with Gasteiger partial charge in [-0.05, 0) is 74.0 Å². The van der Waals surface area contributed by atoms with Crippen LogP contribution in [0.5, 0.6) is 11.5 Å². The minimum atomic E-state index is 0.180. The van der Waals surface area contributed by atoms with Gasteiger partial charge in [-0.25, -0.2) is 0 Å². The van der Waals surface area contributed by atoms with Gasteiger partial charge in [0.15, 0.2) is 0 Å². The van der Waals surface area contributed by atoms with Crippen LogP contribution in [0.25, 0.3) is 0 Å². The van der Waals surface area contributed by atoms with Gasteiger partial charge >= 0.3 is 0 Å². The maximum atomic E-state index is 5.88. The van der Waals surface area contributed by atoms with Crippen molar-refractivity contribution in [2.45, 2.75) is 31.2 Å². The van der Waals surface area contributed by atoms with E-state index in [1.165, 1.54) is 16.0 Å². The number of ether oxygens (including phenoxy) is 1. The van der Waals surface area contributed by atoms with E-state index < -0.39 is 0 Å². The van der Waals surface area contributed by atoms with Gasteiger partial charge < -0.3 is 10.5 Å². The molecule has 0 aliphatic carbocycles. The third kappa shape index (κ3) is 4.02. The lowest BCUT2D eigenvalue weighted by Crippen LogP contribution is -2.18. The van der Waals surface area contributed by atoms with Gasteiger partial charge in [-0.2, -0.15) is 0 Å². The molecule has 0 bridgehead atoms. The highest BCUT2D eigenvalue weighted by molar-refractivity contribution is 7.98. The van der Waals surface area contributed by atoms with E-state index in [0.717, 1.165) is 17.9 Å². The quantitative estimate of drug-likeness (QED) is 0.828. The Morgan fingerprint density at radius 3 is 2.30 bits per heavy atom. The van der Waals surface area contributed by atoms with Gasteiger partial charge in [0.05, 0.1) is 0 Å². The molecule has 0 fully saturated rings. The van der Waals surface area contributed by atoms with E-state index in [0.29, 0.717) is 0 Å². The van der Waals surface area contributed by atoms with Crippen LogP contribution < -0.4 is 10.5 Å². The Morgan fingerprint density at radius 1 is 1.10 bits per heavy atom. The summed E-state index contributed by atoms with van der Waals surface area (Å²) < 4.78 is 5.88. The highest BCUT2D eigenvalue weighted by atomic mass is 32.2. The normalized spacial score (nSPS) is 12.2. The van der Waals surface area contributed by atoms with E-state index in [9.17, 15) is 0 Å². The first-order valence-electron chi connectivity index (χ1n) is 6.75. The van der Waals surface area contributed by atoms with E-state index in [1.807, 2.05) is 25.1 Å². The fourth-order valence-corrected chi connectivity index (χ4v) is 2.50. The Balaban J connectivity index is 2.11. The molecule has 0 spiro atoms. The topological polar surface area (TPSA) is 35.2 Å². The summed E-state index contributed by atoms with van der Waals surface area (Å²) in [5.41, 5.74) is 8.35. The fourth-order valence-electron chi connectivity index (χ4n) is 2.09. The van der Waals surface area contributed by atoms with Crippen molar-refractivity contribution in [3.8, 4) is 11.5 Å². The molecule has 0 heterocycles. The summed E-state index contributed by atoms with van der Waals surface area (Å²) in [4.78, 5) is 1.24. The van der Waals surface area contributed by atoms with E-state index >= 15 is 0 Å². The van der Waals surface area contributed by atoms with Crippen molar-refractivity contribution in [1.29, 1.82) is 0 Å². The molecule has 0 saturated heterocycles. The molecule has 2 aromatic carbocycles. The van der Waals surface area contributed by atoms with Crippen molar-refractivity contribution in [3.63, 3.8) is 0 Å². The van der Waals surface area contributed by atoms with Crippen LogP contribution in [-0.4, -0.2) is 12.3 Å². The Labute approximate surface area is 125 Å². The van der Waals surface area contributed by atoms with Gasteiger partial charge in [0.25, 0.3) is 0 Å². The largest absolute Gasteiger partial charge is 0.457 e. The van der Waals surface area contributed by atoms with Gasteiger partial charge in [0.2, 0.25) is 0 Å². The van der Waals surface area contributed by atoms with E-state index in [-0.39, 0.29) is 6.04 Å². The number of benzene rings is 2. The molecule has 0 saturated carbocycles. The van der Waals surface area contributed by atoms with Crippen LogP contribution in [0.4, 0.5) is 0 Å². The van der Waals surface area contributed by atoms with Gasteiger partial charge in [-0.15, -0.1) is 11.8 Å². The van der Waals surface area contributed by atoms with Gasteiger partial charge in [-0.3, -0.25) is 0 Å². The van der Waals surface area contributed by atoms with Crippen LogP contribution in [0.3, 0.4) is 0 Å². The molecule has 2 N–H and O–H groups in total. The average Bonchev–Trinajstić information content (AvgIpc) is 2.42. The van der Waals surface area contributed by atoms with Gasteiger partial charge in [0.1, 0.15) is 11.5 Å². The zero-order valence-electron chi connectivity index (χ0n) is 12.2. The first kappa shape index (κ1) is 14.9. The Hall–Kier alpha value is -1.45. The number of nitrogens with two attached hydrogens (primary N) is 1. The van der Waals surface area contributed by atoms with Crippen LogP contribution in [0.2, 0.25) is 0 Å². The van der Waals surface area contributed by atoms with Crippen LogP contribution in [0.15, 0.2) is 47.4 Å². The molecule has 2 nitrogen and oxygen atoms in total. The molecule has 0 aromatic heterocycles. The van der Waals surface area contributed by atoms with Gasteiger partial charge in [-0.1, -0.05) is 6.07 Å². The second-order valence-corrected chi connectivity index (χ2v) is 5.93. The van der Waals surface area contributed by atoms with Crippen LogP contribution >= 0.6 is 11.8 Å². The molecule has 0 radical (unpaired) electrons. The predicted octanol–water partition coefficient (Wildman–Crippen LogP) is 4.40. The minimum absolute atomic E-state index is 0.180. The number of aryl methyl sites for hydroxylation is 1. The van der Waals surface area contributed by atoms with Crippen LogP contribution in [-0.2, 0) is 6.42 Å². The molecular formula is C17H21NOS. The maximum absolute atomic E-state index is 5.88. The summed E-state index contributed by atoms with van der Waals surface area (Å²) in [6.45, 7) is 4.12. The number of rotatable bonds is 5. The standard InChI is InChI=1S/C17H21NOS/c1-12-10-16(5-4-14(12)11-13(2)18)19-15-6-8-17(20-3)9-7-15/h4-10,13H,11,18H2,1-3H3. The van der Waals surface area contributed by atoms with Gasteiger partial charge in [0, 0.05) is 10.9 Å². The van der Waals surface area contributed by atoms with E-state index in [1.54, 1.807) is 11.8 Å². The number of hydrogen-bond donors (Lipinski definition) is 1. The molecule has 0 aliphatic heterocycles. The monoisotopic (exact) mass is 287 g/mol. The van der Waals surface area contributed by atoms with Crippen LogP contribution in [0.1, 0.15) is 18.1 Å². The van der Waals surface area contributed by atoms with Crippen molar-refractivity contribution < 1.29 is 4.74 Å². The zero-order chi connectivity index (χ0) is 14.5. The molecule has 2 rings (SSSR count). The Morgan fingerprint density at radius 2 is 1.75 bits per heavy atom. The molecule has 3 heteroatoms. The summed E-state index contributed by atoms with van der Waals surface area (Å²) >= 11 is 1.73. The first-order valence-corrected chi connectivity index (χ1v) is 7.98. The van der Waals surface area contributed by atoms with Crippen molar-refractivity contribution in [3.05, 3.63) is 53.6 Å². The summed E-state index contributed by atoms with van der Waals surface area (Å²) in [6, 6.07) is 14.5. The highest BCUT2D eigenvalue weighted by Gasteiger charge is 2.04. The molecule has 2 aromatic rings. The minimum Gasteiger partial charge on any atom is -0.457 e. The number of thioether (sulfide) groups is 1. The maximum Gasteiger partial charge on any atom is 0.127 e. The second-order valence-electron chi connectivity index (χ2n) is 5.05. The summed E-state index contributed by atoms with van der Waals surface area (Å²) in [5.74, 6) is 1.73. The smallest absolute Gasteiger partial charge is 0.127 e. The van der Waals surface area contributed by atoms with Crippen molar-refractivity contribution in [1.82, 2.24) is 0 Å². The lowest BCUT2D eigenvalue weighted by atomic mass is 10.0. The second kappa shape index (κ2) is 6.82. The third-order valence-corrected chi connectivity index (χ3v) is 3.89. The van der Waals surface area contributed by atoms with Crippen molar-refractivity contribution in [2.24, 2.45) is 5.73 Å². The molecule has 1 unspecified atom stereocenters. The third-order valence-electron chi connectivity index (χ3n) is 3.15. The van der Waals surface area contributed by atoms with Crippen molar-refractivity contribution in [2.75, 3.05) is 6.26 Å². The lowest BCUT2D eigenvalue weighted by Gasteiger charge is -2.11. The summed E-state index contributed by atoms with van der Waals surface area (Å²) in [6.07, 6.45) is 2.96. The molecule has 0 aliphatic rings. The summed E-state index contributed by atoms with van der Waals surface area (Å²) in [7, 11) is 0. The van der Waals surface area contributed by atoms with E-state index in [4.69, 9.17) is 10.5 Å². The predicted molar refractivity (Wildman–Crippen MR) is 86.8 cm³/mol. The molecule has 1 atom stereocenters. The zero-order valence-corrected chi connectivity index (χ0v) is 13.0. The SMILES string of the molecule is CSc1ccc(Oc2ccc(CC(C)N)c(C)c2)cc1. The lowest BCUT2D eigenvalue weighted by molar-refractivity contribution is 0.481. The summed E-state index contributed by atoms with van der Waals surface area (Å²) in [5, 5.41) is 0. The highest BCUT2D eigenvalue weighted by Crippen LogP contribution is 2.26.